The van der Waals surface area contributed by atoms with E-state index < -0.39 is 12.1 Å². The van der Waals surface area contributed by atoms with E-state index in [0.717, 1.165) is 5.56 Å². The molecule has 0 fully saturated rings. The molecule has 0 aliphatic rings. The zero-order valence-corrected chi connectivity index (χ0v) is 10.2. The lowest BCUT2D eigenvalue weighted by Gasteiger charge is -2.17. The first-order valence-electron chi connectivity index (χ1n) is 5.72. The molecular formula is C13H19NO3. The van der Waals surface area contributed by atoms with Gasteiger partial charge in [-0.15, -0.1) is 0 Å². The number of nitrogens with one attached hydrogen (secondary N) is 1. The molecule has 0 aliphatic heterocycles. The van der Waals surface area contributed by atoms with Crippen molar-refractivity contribution >= 4 is 6.09 Å². The molecule has 0 saturated carbocycles. The van der Waals surface area contributed by atoms with Gasteiger partial charge in [-0.25, -0.2) is 4.79 Å². The Morgan fingerprint density at radius 1 is 1.35 bits per heavy atom. The Hall–Kier alpha value is -1.55. The Labute approximate surface area is 102 Å². The molecule has 4 heteroatoms. The summed E-state index contributed by atoms with van der Waals surface area (Å²) in [6.07, 6.45) is -0.499. The molecule has 1 atom stereocenters. The number of ether oxygens (including phenoxy) is 1. The molecule has 0 aromatic heterocycles. The SMILES string of the molecule is CC(C)COC(=O)N[C@H](CO)c1ccccc1. The molecule has 1 amide bonds. The predicted molar refractivity (Wildman–Crippen MR) is 65.6 cm³/mol. The third-order valence-corrected chi connectivity index (χ3v) is 2.22. The number of rotatable bonds is 5. The lowest BCUT2D eigenvalue weighted by atomic mass is 10.1. The summed E-state index contributed by atoms with van der Waals surface area (Å²) >= 11 is 0. The molecule has 94 valence electrons. The largest absolute Gasteiger partial charge is 0.449 e. The van der Waals surface area contributed by atoms with Crippen molar-refractivity contribution in [2.75, 3.05) is 13.2 Å². The quantitative estimate of drug-likeness (QED) is 0.824. The van der Waals surface area contributed by atoms with E-state index in [0.29, 0.717) is 12.5 Å². The van der Waals surface area contributed by atoms with Crippen LogP contribution in [-0.4, -0.2) is 24.4 Å². The number of aliphatic hydroxyl groups excluding tert-OH is 1. The van der Waals surface area contributed by atoms with E-state index in [1.54, 1.807) is 0 Å². The Kier molecular flexibility index (Phi) is 5.49. The summed E-state index contributed by atoms with van der Waals surface area (Å²) in [5.74, 6) is 0.296. The van der Waals surface area contributed by atoms with Crippen molar-refractivity contribution in [1.82, 2.24) is 5.32 Å². The monoisotopic (exact) mass is 237 g/mol. The Morgan fingerprint density at radius 2 is 2.00 bits per heavy atom. The van der Waals surface area contributed by atoms with Crippen LogP contribution in [0.4, 0.5) is 4.79 Å². The zero-order chi connectivity index (χ0) is 12.7. The van der Waals surface area contributed by atoms with Gasteiger partial charge in [0.2, 0.25) is 0 Å². The number of aliphatic hydroxyl groups is 1. The Morgan fingerprint density at radius 3 is 2.53 bits per heavy atom. The fourth-order valence-electron chi connectivity index (χ4n) is 1.35. The summed E-state index contributed by atoms with van der Waals surface area (Å²) in [6, 6.07) is 8.89. The minimum absolute atomic E-state index is 0.152. The van der Waals surface area contributed by atoms with Gasteiger partial charge in [0, 0.05) is 0 Å². The number of hydrogen-bond donors (Lipinski definition) is 2. The highest BCUT2D eigenvalue weighted by Gasteiger charge is 2.14. The number of carbonyl (C=O) groups is 1. The number of hydrogen-bond acceptors (Lipinski definition) is 3. The standard InChI is InChI=1S/C13H19NO3/c1-10(2)9-17-13(16)14-12(8-15)11-6-4-3-5-7-11/h3-7,10,12,15H,8-9H2,1-2H3,(H,14,16)/t12-/m1/s1. The summed E-state index contributed by atoms with van der Waals surface area (Å²) in [6.45, 7) is 4.15. The molecule has 0 unspecified atom stereocenters. The van der Waals surface area contributed by atoms with E-state index in [1.165, 1.54) is 0 Å². The van der Waals surface area contributed by atoms with E-state index in [9.17, 15) is 9.90 Å². The second kappa shape index (κ2) is 6.91. The molecule has 0 radical (unpaired) electrons. The van der Waals surface area contributed by atoms with Gasteiger partial charge in [0.15, 0.2) is 0 Å². The van der Waals surface area contributed by atoms with E-state index in [2.05, 4.69) is 5.32 Å². The number of benzene rings is 1. The van der Waals surface area contributed by atoms with Crippen LogP contribution in [0.1, 0.15) is 25.5 Å². The van der Waals surface area contributed by atoms with Crippen LogP contribution in [0.5, 0.6) is 0 Å². The molecule has 4 nitrogen and oxygen atoms in total. The second-order valence-electron chi connectivity index (χ2n) is 4.28. The van der Waals surface area contributed by atoms with Crippen molar-refractivity contribution in [3.8, 4) is 0 Å². The fraction of sp³-hybridized carbons (Fsp3) is 0.462. The third kappa shape index (κ3) is 4.87. The predicted octanol–water partition coefficient (Wildman–Crippen LogP) is 2.10. The van der Waals surface area contributed by atoms with Gasteiger partial charge < -0.3 is 15.2 Å². The van der Waals surface area contributed by atoms with Gasteiger partial charge in [0.1, 0.15) is 0 Å². The molecule has 0 saturated heterocycles. The van der Waals surface area contributed by atoms with Crippen molar-refractivity contribution < 1.29 is 14.6 Å². The molecule has 0 bridgehead atoms. The Balaban J connectivity index is 2.50. The van der Waals surface area contributed by atoms with Crippen LogP contribution in [0.2, 0.25) is 0 Å². The van der Waals surface area contributed by atoms with Gasteiger partial charge in [0.25, 0.3) is 0 Å². The molecule has 17 heavy (non-hydrogen) atoms. The molecule has 2 N–H and O–H groups in total. The van der Waals surface area contributed by atoms with Crippen molar-refractivity contribution in [3.63, 3.8) is 0 Å². The molecule has 1 aromatic carbocycles. The number of alkyl carbamates (subject to hydrolysis) is 1. The van der Waals surface area contributed by atoms with Gasteiger partial charge in [-0.05, 0) is 11.5 Å². The van der Waals surface area contributed by atoms with Crippen LogP contribution in [0, 0.1) is 5.92 Å². The van der Waals surface area contributed by atoms with Crippen LogP contribution in [0.3, 0.4) is 0 Å². The number of amides is 1. The summed E-state index contributed by atoms with van der Waals surface area (Å²) in [7, 11) is 0. The Bertz CT molecular complexity index is 338. The van der Waals surface area contributed by atoms with Crippen LogP contribution in [0.15, 0.2) is 30.3 Å². The summed E-state index contributed by atoms with van der Waals surface area (Å²) in [5, 5.41) is 11.9. The third-order valence-electron chi connectivity index (χ3n) is 2.22. The first-order chi connectivity index (χ1) is 8.13. The fourth-order valence-corrected chi connectivity index (χ4v) is 1.35. The van der Waals surface area contributed by atoms with Crippen LogP contribution >= 0.6 is 0 Å². The maximum atomic E-state index is 11.4. The van der Waals surface area contributed by atoms with Gasteiger partial charge in [-0.2, -0.15) is 0 Å². The van der Waals surface area contributed by atoms with Crippen molar-refractivity contribution in [1.29, 1.82) is 0 Å². The second-order valence-corrected chi connectivity index (χ2v) is 4.28. The highest BCUT2D eigenvalue weighted by atomic mass is 16.5. The van der Waals surface area contributed by atoms with Gasteiger partial charge >= 0.3 is 6.09 Å². The summed E-state index contributed by atoms with van der Waals surface area (Å²) in [4.78, 5) is 11.4. The lowest BCUT2D eigenvalue weighted by Crippen LogP contribution is -2.32. The lowest BCUT2D eigenvalue weighted by molar-refractivity contribution is 0.123. The maximum Gasteiger partial charge on any atom is 0.407 e. The highest BCUT2D eigenvalue weighted by Crippen LogP contribution is 2.11. The molecular weight excluding hydrogens is 218 g/mol. The van der Waals surface area contributed by atoms with Crippen molar-refractivity contribution in [2.24, 2.45) is 5.92 Å². The number of carbonyl (C=O) groups excluding carboxylic acids is 1. The van der Waals surface area contributed by atoms with E-state index in [1.807, 2.05) is 44.2 Å². The van der Waals surface area contributed by atoms with E-state index in [-0.39, 0.29) is 6.61 Å². The molecule has 1 rings (SSSR count). The molecule has 0 spiro atoms. The van der Waals surface area contributed by atoms with Gasteiger partial charge in [0.05, 0.1) is 19.3 Å². The van der Waals surface area contributed by atoms with Gasteiger partial charge in [-0.3, -0.25) is 0 Å². The van der Waals surface area contributed by atoms with Crippen molar-refractivity contribution in [3.05, 3.63) is 35.9 Å². The smallest absolute Gasteiger partial charge is 0.407 e. The molecule has 0 aliphatic carbocycles. The minimum Gasteiger partial charge on any atom is -0.449 e. The average molecular weight is 237 g/mol. The first-order valence-corrected chi connectivity index (χ1v) is 5.72. The van der Waals surface area contributed by atoms with Crippen LogP contribution in [-0.2, 0) is 4.74 Å². The van der Waals surface area contributed by atoms with Crippen molar-refractivity contribution in [2.45, 2.75) is 19.9 Å². The van der Waals surface area contributed by atoms with Crippen LogP contribution < -0.4 is 5.32 Å². The minimum atomic E-state index is -0.499. The van der Waals surface area contributed by atoms with Crippen LogP contribution in [0.25, 0.3) is 0 Å². The summed E-state index contributed by atoms with van der Waals surface area (Å²) < 4.78 is 5.00. The molecule has 1 aromatic rings. The highest BCUT2D eigenvalue weighted by molar-refractivity contribution is 5.67. The summed E-state index contributed by atoms with van der Waals surface area (Å²) in [5.41, 5.74) is 0.858. The topological polar surface area (TPSA) is 58.6 Å². The maximum absolute atomic E-state index is 11.4. The van der Waals surface area contributed by atoms with E-state index in [4.69, 9.17) is 4.74 Å². The van der Waals surface area contributed by atoms with Gasteiger partial charge in [-0.1, -0.05) is 44.2 Å². The average Bonchev–Trinajstić information content (AvgIpc) is 2.34. The molecule has 0 heterocycles. The first kappa shape index (κ1) is 13.5. The normalized spacial score (nSPS) is 12.2. The zero-order valence-electron chi connectivity index (χ0n) is 10.2. The van der Waals surface area contributed by atoms with E-state index >= 15 is 0 Å².